The molecule has 36 heavy (non-hydrogen) atoms. The normalized spacial score (nSPS) is 16.6. The second kappa shape index (κ2) is 12.6. The van der Waals surface area contributed by atoms with Crippen LogP contribution >= 0.6 is 11.6 Å². The summed E-state index contributed by atoms with van der Waals surface area (Å²) in [5.41, 5.74) is 1.42. The Labute approximate surface area is 220 Å². The van der Waals surface area contributed by atoms with Gasteiger partial charge in [0, 0.05) is 23.2 Å². The molecule has 1 atom stereocenters. The van der Waals surface area contributed by atoms with E-state index >= 15 is 0 Å². The molecule has 4 rings (SSSR count). The molecule has 1 aliphatic rings. The van der Waals surface area contributed by atoms with Gasteiger partial charge in [-0.1, -0.05) is 61.3 Å². The monoisotopic (exact) mass is 526 g/mol. The fourth-order valence-corrected chi connectivity index (χ4v) is 6.41. The van der Waals surface area contributed by atoms with E-state index in [9.17, 15) is 8.42 Å². The summed E-state index contributed by atoms with van der Waals surface area (Å²) in [6.07, 6.45) is 6.03. The number of piperidine rings is 1. The molecule has 192 valence electrons. The topological polar surface area (TPSA) is 49.9 Å². The summed E-state index contributed by atoms with van der Waals surface area (Å²) in [5, 5.41) is 0.494. The number of ether oxygens (including phenoxy) is 1. The van der Waals surface area contributed by atoms with Gasteiger partial charge in [-0.05, 0) is 74.7 Å². The second-order valence-electron chi connectivity index (χ2n) is 9.20. The zero-order chi connectivity index (χ0) is 25.4. The van der Waals surface area contributed by atoms with Gasteiger partial charge in [0.2, 0.25) is 0 Å². The van der Waals surface area contributed by atoms with Gasteiger partial charge in [-0.3, -0.25) is 4.31 Å². The lowest BCUT2D eigenvalue weighted by atomic mass is 10.00. The van der Waals surface area contributed by atoms with Crippen LogP contribution in [0.4, 0.5) is 5.69 Å². The van der Waals surface area contributed by atoms with Crippen molar-refractivity contribution in [3.63, 3.8) is 0 Å². The van der Waals surface area contributed by atoms with Gasteiger partial charge < -0.3 is 9.64 Å². The van der Waals surface area contributed by atoms with Gasteiger partial charge in [0.15, 0.2) is 0 Å². The van der Waals surface area contributed by atoms with Crippen LogP contribution < -0.4 is 9.04 Å². The Balaban J connectivity index is 1.50. The van der Waals surface area contributed by atoms with E-state index in [4.69, 9.17) is 16.3 Å². The minimum Gasteiger partial charge on any atom is -0.493 e. The van der Waals surface area contributed by atoms with E-state index in [2.05, 4.69) is 11.8 Å². The summed E-state index contributed by atoms with van der Waals surface area (Å²) in [6.45, 7) is 5.23. The standard InChI is InChI=1S/C29H35ClN2O3S/c1-2-26-12-8-9-20-31(26)21-10-22-35-29-15-7-6-11-24(29)23-32(27-13-4-3-5-14-27)36(33,34)28-18-16-25(30)17-19-28/h3-7,11,13-19,26H,2,8-10,12,20-23H2,1H3. The highest BCUT2D eigenvalue weighted by molar-refractivity contribution is 7.92. The molecule has 5 nitrogen and oxygen atoms in total. The van der Waals surface area contributed by atoms with E-state index in [-0.39, 0.29) is 11.4 Å². The molecule has 0 saturated carbocycles. The molecular formula is C29H35ClN2O3S. The number of sulfonamides is 1. The van der Waals surface area contributed by atoms with Gasteiger partial charge >= 0.3 is 0 Å². The summed E-state index contributed by atoms with van der Waals surface area (Å²) >= 11 is 6.01. The quantitative estimate of drug-likeness (QED) is 0.259. The molecule has 0 aromatic heterocycles. The average Bonchev–Trinajstić information content (AvgIpc) is 2.91. The van der Waals surface area contributed by atoms with Crippen LogP contribution in [0.1, 0.15) is 44.6 Å². The molecule has 0 amide bonds. The summed E-state index contributed by atoms with van der Waals surface area (Å²) < 4.78 is 35.0. The van der Waals surface area contributed by atoms with Crippen LogP contribution in [-0.4, -0.2) is 39.1 Å². The molecule has 0 spiro atoms. The van der Waals surface area contributed by atoms with Gasteiger partial charge in [0.25, 0.3) is 10.0 Å². The maximum atomic E-state index is 13.7. The van der Waals surface area contributed by atoms with Crippen molar-refractivity contribution in [1.82, 2.24) is 4.90 Å². The summed E-state index contributed by atoms with van der Waals surface area (Å²) in [4.78, 5) is 2.79. The molecule has 1 saturated heterocycles. The van der Waals surface area contributed by atoms with Gasteiger partial charge in [-0.2, -0.15) is 0 Å². The van der Waals surface area contributed by atoms with Crippen molar-refractivity contribution in [3.8, 4) is 5.75 Å². The first-order chi connectivity index (χ1) is 17.5. The highest BCUT2D eigenvalue weighted by Gasteiger charge is 2.26. The molecule has 3 aromatic rings. The number of hydrogen-bond acceptors (Lipinski definition) is 4. The maximum Gasteiger partial charge on any atom is 0.264 e. The van der Waals surface area contributed by atoms with Gasteiger partial charge in [0.1, 0.15) is 5.75 Å². The lowest BCUT2D eigenvalue weighted by Crippen LogP contribution is -2.40. The molecule has 1 aliphatic heterocycles. The Bertz CT molecular complexity index is 1200. The number of nitrogens with zero attached hydrogens (tertiary/aromatic N) is 2. The smallest absolute Gasteiger partial charge is 0.264 e. The zero-order valence-corrected chi connectivity index (χ0v) is 22.4. The number of rotatable bonds is 11. The van der Waals surface area contributed by atoms with Gasteiger partial charge in [-0.15, -0.1) is 0 Å². The molecule has 1 unspecified atom stereocenters. The molecule has 1 fully saturated rings. The molecule has 7 heteroatoms. The van der Waals surface area contributed by atoms with Crippen LogP contribution in [0, 0.1) is 0 Å². The largest absolute Gasteiger partial charge is 0.493 e. The number of halogens is 1. The average molecular weight is 527 g/mol. The third kappa shape index (κ3) is 6.61. The Hall–Kier alpha value is -2.54. The summed E-state index contributed by atoms with van der Waals surface area (Å²) in [5.74, 6) is 0.718. The van der Waals surface area contributed by atoms with Gasteiger partial charge in [0.05, 0.1) is 23.7 Å². The van der Waals surface area contributed by atoms with Crippen molar-refractivity contribution in [2.45, 2.75) is 56.5 Å². The van der Waals surface area contributed by atoms with E-state index in [1.807, 2.05) is 42.5 Å². The molecular weight excluding hydrogens is 492 g/mol. The minimum absolute atomic E-state index is 0.162. The lowest BCUT2D eigenvalue weighted by Gasteiger charge is -2.35. The van der Waals surface area contributed by atoms with E-state index in [0.717, 1.165) is 24.3 Å². The molecule has 1 heterocycles. The highest BCUT2D eigenvalue weighted by atomic mass is 35.5. The zero-order valence-electron chi connectivity index (χ0n) is 20.9. The summed E-state index contributed by atoms with van der Waals surface area (Å²) in [7, 11) is -3.82. The van der Waals surface area contributed by atoms with E-state index in [0.29, 0.717) is 23.4 Å². The SMILES string of the molecule is CCC1CCCCN1CCCOc1ccccc1CN(c1ccccc1)S(=O)(=O)c1ccc(Cl)cc1. The predicted octanol–water partition coefficient (Wildman–Crippen LogP) is 6.77. The Morgan fingerprint density at radius 2 is 1.69 bits per heavy atom. The molecule has 0 bridgehead atoms. The number of para-hydroxylation sites is 2. The lowest BCUT2D eigenvalue weighted by molar-refractivity contribution is 0.134. The number of anilines is 1. The van der Waals surface area contributed by atoms with Crippen LogP contribution in [-0.2, 0) is 16.6 Å². The molecule has 3 aromatic carbocycles. The predicted molar refractivity (Wildman–Crippen MR) is 147 cm³/mol. The van der Waals surface area contributed by atoms with Crippen LogP contribution in [0.5, 0.6) is 5.75 Å². The van der Waals surface area contributed by atoms with Gasteiger partial charge in [-0.25, -0.2) is 8.42 Å². The third-order valence-electron chi connectivity index (χ3n) is 6.80. The molecule has 0 aliphatic carbocycles. The van der Waals surface area contributed by atoms with E-state index < -0.39 is 10.0 Å². The number of benzene rings is 3. The van der Waals surface area contributed by atoms with Crippen molar-refractivity contribution >= 4 is 27.3 Å². The number of likely N-dealkylation sites (tertiary alicyclic amines) is 1. The molecule has 0 N–H and O–H groups in total. The highest BCUT2D eigenvalue weighted by Crippen LogP contribution is 2.29. The first-order valence-corrected chi connectivity index (χ1v) is 14.6. The van der Waals surface area contributed by atoms with Crippen molar-refractivity contribution in [3.05, 3.63) is 89.4 Å². The Morgan fingerprint density at radius 1 is 0.972 bits per heavy atom. The van der Waals surface area contributed by atoms with Crippen LogP contribution in [0.3, 0.4) is 0 Å². The van der Waals surface area contributed by atoms with Crippen LogP contribution in [0.15, 0.2) is 83.8 Å². The van der Waals surface area contributed by atoms with Crippen molar-refractivity contribution in [2.75, 3.05) is 24.0 Å². The third-order valence-corrected chi connectivity index (χ3v) is 8.84. The second-order valence-corrected chi connectivity index (χ2v) is 11.5. The number of hydrogen-bond donors (Lipinski definition) is 0. The van der Waals surface area contributed by atoms with E-state index in [1.54, 1.807) is 36.4 Å². The van der Waals surface area contributed by atoms with Crippen LogP contribution in [0.2, 0.25) is 5.02 Å². The van der Waals surface area contributed by atoms with Crippen molar-refractivity contribution < 1.29 is 13.2 Å². The fraction of sp³-hybridized carbons (Fsp3) is 0.379. The molecule has 0 radical (unpaired) electrons. The maximum absolute atomic E-state index is 13.7. The Morgan fingerprint density at radius 3 is 2.44 bits per heavy atom. The Kier molecular flexibility index (Phi) is 9.30. The first kappa shape index (κ1) is 26.5. The van der Waals surface area contributed by atoms with Crippen molar-refractivity contribution in [1.29, 1.82) is 0 Å². The van der Waals surface area contributed by atoms with Crippen LogP contribution in [0.25, 0.3) is 0 Å². The van der Waals surface area contributed by atoms with Crippen molar-refractivity contribution in [2.24, 2.45) is 0 Å². The first-order valence-electron chi connectivity index (χ1n) is 12.8. The summed E-state index contributed by atoms with van der Waals surface area (Å²) in [6, 6.07) is 23.8. The minimum atomic E-state index is -3.82. The van der Waals surface area contributed by atoms with E-state index in [1.165, 1.54) is 36.5 Å². The fourth-order valence-electron chi connectivity index (χ4n) is 4.84.